The van der Waals surface area contributed by atoms with Crippen molar-refractivity contribution >= 4 is 0 Å². The topological polar surface area (TPSA) is 20.2 Å². The summed E-state index contributed by atoms with van der Waals surface area (Å²) in [6, 6.07) is 0. The molecule has 10 heavy (non-hydrogen) atoms. The fourth-order valence-electron chi connectivity index (χ4n) is 0.427. The van der Waals surface area contributed by atoms with Crippen LogP contribution < -0.4 is 0 Å². The van der Waals surface area contributed by atoms with Gasteiger partial charge in [-0.15, -0.1) is 6.58 Å². The molecule has 0 heterocycles. The van der Waals surface area contributed by atoms with Gasteiger partial charge in [-0.3, -0.25) is 0 Å². The first-order chi connectivity index (χ1) is 4.39. The zero-order valence-electron chi connectivity index (χ0n) is 5.52. The Morgan fingerprint density at radius 3 is 2.00 bits per heavy atom. The van der Waals surface area contributed by atoms with Crippen LogP contribution in [0.3, 0.4) is 0 Å². The van der Waals surface area contributed by atoms with Crippen molar-refractivity contribution < 1.29 is 18.3 Å². The van der Waals surface area contributed by atoms with Crippen molar-refractivity contribution in [3.63, 3.8) is 0 Å². The van der Waals surface area contributed by atoms with Crippen molar-refractivity contribution in [1.82, 2.24) is 0 Å². The van der Waals surface area contributed by atoms with E-state index in [4.69, 9.17) is 5.11 Å². The van der Waals surface area contributed by atoms with Gasteiger partial charge < -0.3 is 5.11 Å². The maximum absolute atomic E-state index is 11.6. The van der Waals surface area contributed by atoms with Crippen LogP contribution in [0.2, 0.25) is 0 Å². The summed E-state index contributed by atoms with van der Waals surface area (Å²) in [6.45, 7) is 4.39. The Morgan fingerprint density at radius 1 is 1.50 bits per heavy atom. The normalized spacial score (nSPS) is 18.1. The molecule has 0 bridgehead atoms. The van der Waals surface area contributed by atoms with Crippen LogP contribution in [0, 0.1) is 5.92 Å². The van der Waals surface area contributed by atoms with Gasteiger partial charge in [0.25, 0.3) is 0 Å². The number of aliphatic hydroxyl groups is 1. The molecule has 0 aromatic heterocycles. The van der Waals surface area contributed by atoms with E-state index in [9.17, 15) is 13.2 Å². The van der Waals surface area contributed by atoms with E-state index in [1.807, 2.05) is 0 Å². The highest BCUT2D eigenvalue weighted by atomic mass is 19.4. The van der Waals surface area contributed by atoms with Crippen molar-refractivity contribution in [3.8, 4) is 0 Å². The molecular weight excluding hydrogens is 145 g/mol. The van der Waals surface area contributed by atoms with Crippen LogP contribution >= 0.6 is 0 Å². The number of alkyl halides is 3. The zero-order chi connectivity index (χ0) is 8.36. The van der Waals surface area contributed by atoms with E-state index < -0.39 is 18.2 Å². The Hall–Kier alpha value is -0.510. The molecule has 60 valence electrons. The van der Waals surface area contributed by atoms with Crippen LogP contribution in [0.1, 0.15) is 6.92 Å². The first-order valence-electron chi connectivity index (χ1n) is 2.77. The van der Waals surface area contributed by atoms with Gasteiger partial charge in [-0.25, -0.2) is 0 Å². The molecule has 1 nitrogen and oxygen atoms in total. The number of rotatable bonds is 2. The molecule has 0 fully saturated rings. The number of aliphatic hydroxyl groups excluding tert-OH is 1. The van der Waals surface area contributed by atoms with Crippen molar-refractivity contribution in [1.29, 1.82) is 0 Å². The molecule has 0 aliphatic rings. The summed E-state index contributed by atoms with van der Waals surface area (Å²) in [5.41, 5.74) is 0. The molecule has 0 spiro atoms. The van der Waals surface area contributed by atoms with Crippen LogP contribution in [-0.4, -0.2) is 17.4 Å². The van der Waals surface area contributed by atoms with Crippen molar-refractivity contribution in [2.75, 3.05) is 0 Å². The highest BCUT2D eigenvalue weighted by Gasteiger charge is 2.40. The van der Waals surface area contributed by atoms with Gasteiger partial charge in [0.05, 0.1) is 0 Å². The van der Waals surface area contributed by atoms with E-state index >= 15 is 0 Å². The van der Waals surface area contributed by atoms with Gasteiger partial charge in [0, 0.05) is 5.92 Å². The van der Waals surface area contributed by atoms with E-state index in [-0.39, 0.29) is 0 Å². The van der Waals surface area contributed by atoms with Crippen molar-refractivity contribution in [2.45, 2.75) is 19.2 Å². The average molecular weight is 154 g/mol. The lowest BCUT2D eigenvalue weighted by atomic mass is 10.1. The second kappa shape index (κ2) is 3.05. The third-order valence-corrected chi connectivity index (χ3v) is 1.21. The summed E-state index contributed by atoms with van der Waals surface area (Å²) < 4.78 is 34.8. The molecular formula is C6H9F3O. The summed E-state index contributed by atoms with van der Waals surface area (Å²) in [7, 11) is 0. The van der Waals surface area contributed by atoms with E-state index in [1.165, 1.54) is 6.92 Å². The average Bonchev–Trinajstić information content (AvgIpc) is 1.83. The van der Waals surface area contributed by atoms with E-state index in [2.05, 4.69) is 6.58 Å². The summed E-state index contributed by atoms with van der Waals surface area (Å²) in [4.78, 5) is 0. The molecule has 0 aliphatic carbocycles. The quantitative estimate of drug-likeness (QED) is 0.600. The molecule has 0 radical (unpaired) electrons. The Morgan fingerprint density at radius 2 is 1.90 bits per heavy atom. The minimum atomic E-state index is -4.53. The summed E-state index contributed by atoms with van der Waals surface area (Å²) in [5, 5.41) is 8.46. The largest absolute Gasteiger partial charge is 0.414 e. The van der Waals surface area contributed by atoms with E-state index in [1.54, 1.807) is 0 Å². The fraction of sp³-hybridized carbons (Fsp3) is 0.667. The van der Waals surface area contributed by atoms with Gasteiger partial charge >= 0.3 is 6.18 Å². The standard InChI is InChI=1S/C6H9F3O/c1-3-4(2)5(10)6(7,8)9/h3-5,10H,1H2,2H3. The first-order valence-corrected chi connectivity index (χ1v) is 2.77. The van der Waals surface area contributed by atoms with Crippen LogP contribution in [0.25, 0.3) is 0 Å². The highest BCUT2D eigenvalue weighted by molar-refractivity contribution is 4.84. The Balaban J connectivity index is 4.07. The first kappa shape index (κ1) is 9.49. The predicted molar refractivity (Wildman–Crippen MR) is 31.4 cm³/mol. The van der Waals surface area contributed by atoms with Gasteiger partial charge in [-0.1, -0.05) is 13.0 Å². The highest BCUT2D eigenvalue weighted by Crippen LogP contribution is 2.25. The van der Waals surface area contributed by atoms with Gasteiger partial charge in [0.1, 0.15) is 0 Å². The van der Waals surface area contributed by atoms with Gasteiger partial charge in [0.2, 0.25) is 0 Å². The molecule has 0 rings (SSSR count). The summed E-state index contributed by atoms with van der Waals surface area (Å²) in [6.07, 6.45) is -5.75. The third-order valence-electron chi connectivity index (χ3n) is 1.21. The van der Waals surface area contributed by atoms with Gasteiger partial charge in [-0.2, -0.15) is 13.2 Å². The molecule has 0 aromatic carbocycles. The van der Waals surface area contributed by atoms with Crippen LogP contribution in [0.15, 0.2) is 12.7 Å². The van der Waals surface area contributed by atoms with Gasteiger partial charge in [-0.05, 0) is 0 Å². The molecule has 4 heteroatoms. The number of hydrogen-bond acceptors (Lipinski definition) is 1. The predicted octanol–water partition coefficient (Wildman–Crippen LogP) is 1.73. The van der Waals surface area contributed by atoms with Crippen molar-refractivity contribution in [2.24, 2.45) is 5.92 Å². The van der Waals surface area contributed by atoms with E-state index in [0.29, 0.717) is 0 Å². The summed E-state index contributed by atoms with van der Waals surface area (Å²) in [5.74, 6) is -0.944. The maximum atomic E-state index is 11.6. The minimum Gasteiger partial charge on any atom is -0.383 e. The Bertz CT molecular complexity index is 119. The molecule has 0 aromatic rings. The minimum absolute atomic E-state index is 0.944. The second-order valence-corrected chi connectivity index (χ2v) is 2.08. The lowest BCUT2D eigenvalue weighted by Gasteiger charge is -2.17. The Labute approximate surface area is 57.2 Å². The Kier molecular flexibility index (Phi) is 2.90. The lowest BCUT2D eigenvalue weighted by Crippen LogP contribution is -2.33. The van der Waals surface area contributed by atoms with Gasteiger partial charge in [0.15, 0.2) is 6.10 Å². The maximum Gasteiger partial charge on any atom is 0.414 e. The molecule has 0 saturated carbocycles. The zero-order valence-corrected chi connectivity index (χ0v) is 5.52. The molecule has 0 aliphatic heterocycles. The van der Waals surface area contributed by atoms with Crippen molar-refractivity contribution in [3.05, 3.63) is 12.7 Å². The van der Waals surface area contributed by atoms with E-state index in [0.717, 1.165) is 6.08 Å². The SMILES string of the molecule is C=CC(C)C(O)C(F)(F)F. The number of halogens is 3. The monoisotopic (exact) mass is 154 g/mol. The fourth-order valence-corrected chi connectivity index (χ4v) is 0.427. The van der Waals surface area contributed by atoms with Crippen LogP contribution in [-0.2, 0) is 0 Å². The summed E-state index contributed by atoms with van der Waals surface area (Å²) >= 11 is 0. The molecule has 0 saturated heterocycles. The third kappa shape index (κ3) is 2.39. The molecule has 0 amide bonds. The van der Waals surface area contributed by atoms with Crippen LogP contribution in [0.5, 0.6) is 0 Å². The second-order valence-electron chi connectivity index (χ2n) is 2.08. The molecule has 2 atom stereocenters. The number of hydrogen-bond donors (Lipinski definition) is 1. The molecule has 1 N–H and O–H groups in total. The smallest absolute Gasteiger partial charge is 0.383 e. The lowest BCUT2D eigenvalue weighted by molar-refractivity contribution is -0.212. The van der Waals surface area contributed by atoms with Crippen LogP contribution in [0.4, 0.5) is 13.2 Å². The molecule has 2 unspecified atom stereocenters.